The van der Waals surface area contributed by atoms with Crippen LogP contribution in [0.5, 0.6) is 0 Å². The van der Waals surface area contributed by atoms with Gasteiger partial charge in [0, 0.05) is 58.7 Å². The van der Waals surface area contributed by atoms with Gasteiger partial charge >= 0.3 is 0 Å². The summed E-state index contributed by atoms with van der Waals surface area (Å²) in [4.78, 5) is 15.1. The molecule has 0 unspecified atom stereocenters. The molecule has 0 aliphatic rings. The van der Waals surface area contributed by atoms with Crippen LogP contribution < -0.4 is 0 Å². The molecule has 0 bridgehead atoms. The lowest BCUT2D eigenvalue weighted by Gasteiger charge is -2.12. The molecule has 0 spiro atoms. The molecule has 5 heteroatoms. The van der Waals surface area contributed by atoms with Gasteiger partial charge in [0.25, 0.3) is 0 Å². The van der Waals surface area contributed by atoms with Crippen molar-refractivity contribution in [2.45, 2.75) is 0 Å². The zero-order valence-corrected chi connectivity index (χ0v) is 32.0. The molecule has 12 rings (SSSR count). The lowest BCUT2D eigenvalue weighted by Crippen LogP contribution is -2.00. The monoisotopic (exact) mass is 756 g/mol. The van der Waals surface area contributed by atoms with Crippen molar-refractivity contribution in [3.05, 3.63) is 194 Å². The highest BCUT2D eigenvalue weighted by molar-refractivity contribution is 7.25. The van der Waals surface area contributed by atoms with Gasteiger partial charge < -0.3 is 4.57 Å². The van der Waals surface area contributed by atoms with E-state index in [0.29, 0.717) is 17.5 Å². The van der Waals surface area contributed by atoms with Gasteiger partial charge in [0.15, 0.2) is 17.5 Å². The van der Waals surface area contributed by atoms with E-state index in [1.54, 1.807) is 0 Å². The van der Waals surface area contributed by atoms with Crippen molar-refractivity contribution in [3.8, 4) is 51.0 Å². The van der Waals surface area contributed by atoms with Crippen molar-refractivity contribution < 1.29 is 0 Å². The molecule has 4 nitrogen and oxygen atoms in total. The average molecular weight is 757 g/mol. The van der Waals surface area contributed by atoms with Crippen LogP contribution in [0.25, 0.3) is 115 Å². The second kappa shape index (κ2) is 13.1. The van der Waals surface area contributed by atoms with Crippen LogP contribution in [-0.4, -0.2) is 19.5 Å². The molecular formula is C53H32N4S. The number of rotatable bonds is 5. The number of benzene rings is 9. The van der Waals surface area contributed by atoms with Gasteiger partial charge in [0.2, 0.25) is 0 Å². The fourth-order valence-electron chi connectivity index (χ4n) is 8.56. The smallest absolute Gasteiger partial charge is 0.164 e. The van der Waals surface area contributed by atoms with Crippen molar-refractivity contribution >= 4 is 74.9 Å². The SMILES string of the molecule is c1ccc(-c2nc(-c3ccc(-c4ccc(-n5c6cc7ccccc7cc6c6ccc7ccccc7c65)cc4)cc3)nc(-c3ccc4sc5ccccc5c4c3)n2)cc1. The molecule has 3 aromatic heterocycles. The van der Waals surface area contributed by atoms with Crippen LogP contribution in [-0.2, 0) is 0 Å². The Morgan fingerprint density at radius 3 is 1.64 bits per heavy atom. The summed E-state index contributed by atoms with van der Waals surface area (Å²) in [5.41, 5.74) is 8.70. The minimum atomic E-state index is 0.645. The van der Waals surface area contributed by atoms with E-state index >= 15 is 0 Å². The number of hydrogen-bond donors (Lipinski definition) is 0. The Bertz CT molecular complexity index is 3550. The fraction of sp³-hybridized carbons (Fsp3) is 0. The van der Waals surface area contributed by atoms with Gasteiger partial charge in [-0.2, -0.15) is 0 Å². The van der Waals surface area contributed by atoms with Crippen molar-refractivity contribution in [2.75, 3.05) is 0 Å². The first-order valence-corrected chi connectivity index (χ1v) is 20.3. The Morgan fingerprint density at radius 2 is 0.879 bits per heavy atom. The van der Waals surface area contributed by atoms with E-state index in [-0.39, 0.29) is 0 Å². The maximum Gasteiger partial charge on any atom is 0.164 e. The van der Waals surface area contributed by atoms with E-state index in [2.05, 4.69) is 180 Å². The molecule has 0 atom stereocenters. The molecule has 3 heterocycles. The summed E-state index contributed by atoms with van der Waals surface area (Å²) < 4.78 is 4.97. The van der Waals surface area contributed by atoms with Crippen LogP contribution >= 0.6 is 11.3 Å². The predicted octanol–water partition coefficient (Wildman–Crippen LogP) is 14.3. The molecule has 12 aromatic rings. The average Bonchev–Trinajstić information content (AvgIpc) is 3.83. The molecule has 0 N–H and O–H groups in total. The number of aromatic nitrogens is 4. The third-order valence-corrected chi connectivity index (χ3v) is 12.6. The Balaban J connectivity index is 0.936. The first kappa shape index (κ1) is 32.7. The molecule has 0 aliphatic heterocycles. The first-order chi connectivity index (χ1) is 28.7. The Morgan fingerprint density at radius 1 is 0.328 bits per heavy atom. The summed E-state index contributed by atoms with van der Waals surface area (Å²) in [6, 6.07) is 69.3. The lowest BCUT2D eigenvalue weighted by molar-refractivity contribution is 1.07. The summed E-state index contributed by atoms with van der Waals surface area (Å²) in [6.45, 7) is 0. The van der Waals surface area contributed by atoms with Crippen LogP contribution in [0.15, 0.2) is 194 Å². The number of thiophene rings is 1. The fourth-order valence-corrected chi connectivity index (χ4v) is 9.65. The quantitative estimate of drug-likeness (QED) is 0.176. The molecule has 0 saturated heterocycles. The maximum atomic E-state index is 5.08. The van der Waals surface area contributed by atoms with Crippen molar-refractivity contribution in [2.24, 2.45) is 0 Å². The van der Waals surface area contributed by atoms with Crippen LogP contribution in [0, 0.1) is 0 Å². The summed E-state index contributed by atoms with van der Waals surface area (Å²) in [7, 11) is 0. The summed E-state index contributed by atoms with van der Waals surface area (Å²) in [5, 5.41) is 9.96. The first-order valence-electron chi connectivity index (χ1n) is 19.5. The predicted molar refractivity (Wildman–Crippen MR) is 244 cm³/mol. The van der Waals surface area contributed by atoms with Crippen LogP contribution in [0.4, 0.5) is 0 Å². The van der Waals surface area contributed by atoms with Crippen molar-refractivity contribution in [1.82, 2.24) is 19.5 Å². The maximum absolute atomic E-state index is 5.08. The second-order valence-electron chi connectivity index (χ2n) is 14.8. The van der Waals surface area contributed by atoms with Gasteiger partial charge in [0.05, 0.1) is 11.0 Å². The highest BCUT2D eigenvalue weighted by atomic mass is 32.1. The van der Waals surface area contributed by atoms with Gasteiger partial charge in [-0.3, -0.25) is 0 Å². The van der Waals surface area contributed by atoms with Gasteiger partial charge in [-0.1, -0.05) is 146 Å². The van der Waals surface area contributed by atoms with E-state index in [0.717, 1.165) is 33.5 Å². The van der Waals surface area contributed by atoms with Crippen molar-refractivity contribution in [1.29, 1.82) is 0 Å². The Labute approximate surface area is 338 Å². The molecule has 0 radical (unpaired) electrons. The summed E-state index contributed by atoms with van der Waals surface area (Å²) >= 11 is 1.81. The highest BCUT2D eigenvalue weighted by Gasteiger charge is 2.17. The topological polar surface area (TPSA) is 43.6 Å². The molecule has 270 valence electrons. The van der Waals surface area contributed by atoms with Crippen LogP contribution in [0.2, 0.25) is 0 Å². The number of hydrogen-bond acceptors (Lipinski definition) is 4. The van der Waals surface area contributed by atoms with Crippen LogP contribution in [0.1, 0.15) is 0 Å². The van der Waals surface area contributed by atoms with Gasteiger partial charge in [-0.15, -0.1) is 11.3 Å². The van der Waals surface area contributed by atoms with Gasteiger partial charge in [-0.05, 0) is 75.8 Å². The third kappa shape index (κ3) is 5.32. The largest absolute Gasteiger partial charge is 0.309 e. The van der Waals surface area contributed by atoms with E-state index in [1.165, 1.54) is 63.5 Å². The third-order valence-electron chi connectivity index (χ3n) is 11.4. The van der Waals surface area contributed by atoms with Gasteiger partial charge in [-0.25, -0.2) is 15.0 Å². The van der Waals surface area contributed by atoms with E-state index < -0.39 is 0 Å². The minimum absolute atomic E-state index is 0.645. The van der Waals surface area contributed by atoms with Crippen molar-refractivity contribution in [3.63, 3.8) is 0 Å². The number of nitrogens with zero attached hydrogens (tertiary/aromatic N) is 4. The summed E-state index contributed by atoms with van der Waals surface area (Å²) in [5.74, 6) is 1.96. The summed E-state index contributed by atoms with van der Waals surface area (Å²) in [6.07, 6.45) is 0. The molecule has 0 saturated carbocycles. The molecule has 9 aromatic carbocycles. The van der Waals surface area contributed by atoms with Crippen LogP contribution in [0.3, 0.4) is 0 Å². The molecule has 0 amide bonds. The highest BCUT2D eigenvalue weighted by Crippen LogP contribution is 2.40. The molecular weight excluding hydrogens is 725 g/mol. The number of fused-ring (bicyclic) bond motifs is 9. The second-order valence-corrected chi connectivity index (χ2v) is 15.9. The zero-order valence-electron chi connectivity index (χ0n) is 31.2. The molecule has 58 heavy (non-hydrogen) atoms. The Hall–Kier alpha value is -7.47. The zero-order chi connectivity index (χ0) is 38.2. The Kier molecular flexibility index (Phi) is 7.37. The lowest BCUT2D eigenvalue weighted by atomic mass is 10.0. The van der Waals surface area contributed by atoms with E-state index in [9.17, 15) is 0 Å². The normalized spacial score (nSPS) is 11.8. The molecule has 0 aliphatic carbocycles. The standard InChI is InChI=1S/C53H32N4S/c1-2-11-36(12-3-1)51-54-52(56-53(55-51)40-25-29-49-46(31-40)43-16-8-9-17-48(43)58-49)37-20-18-33(19-21-37)34-22-26-41(27-23-34)57-47-32-39-14-5-4-13-38(39)30-45(47)44-28-24-35-10-6-7-15-42(35)50(44)57/h1-32H. The van der Waals surface area contributed by atoms with E-state index in [4.69, 9.17) is 15.0 Å². The van der Waals surface area contributed by atoms with Gasteiger partial charge in [0.1, 0.15) is 0 Å². The van der Waals surface area contributed by atoms with E-state index in [1.807, 2.05) is 29.5 Å². The minimum Gasteiger partial charge on any atom is -0.309 e. The molecule has 0 fully saturated rings.